The molecule has 0 bridgehead atoms. The Labute approximate surface area is 163 Å². The van der Waals surface area contributed by atoms with Crippen molar-refractivity contribution in [1.82, 2.24) is 0 Å². The fourth-order valence-corrected chi connectivity index (χ4v) is 6.82. The van der Waals surface area contributed by atoms with Gasteiger partial charge in [-0.25, -0.2) is 4.79 Å². The van der Waals surface area contributed by atoms with Gasteiger partial charge in [0, 0.05) is 16.4 Å². The summed E-state index contributed by atoms with van der Waals surface area (Å²) in [4.78, 5) is 12.8. The number of halogens is 1. The maximum atomic E-state index is 12.4. The van der Waals surface area contributed by atoms with Crippen molar-refractivity contribution < 1.29 is 18.6 Å². The van der Waals surface area contributed by atoms with Crippen molar-refractivity contribution in [3.05, 3.63) is 39.9 Å². The summed E-state index contributed by atoms with van der Waals surface area (Å²) in [5.74, 6) is -0.458. The first-order chi connectivity index (χ1) is 11.8. The monoisotopic (exact) mass is 423 g/mol. The van der Waals surface area contributed by atoms with Gasteiger partial charge in [-0.1, -0.05) is 11.6 Å². The number of carbonyl (C=O) groups is 1. The summed E-state index contributed by atoms with van der Waals surface area (Å²) in [6.45, 7) is 8.30. The van der Waals surface area contributed by atoms with E-state index in [9.17, 15) is 4.79 Å². The van der Waals surface area contributed by atoms with Gasteiger partial charge >= 0.3 is 5.97 Å². The zero-order valence-electron chi connectivity index (χ0n) is 14.7. The minimum Gasteiger partial charge on any atom is -0.462 e. The molecule has 0 spiro atoms. The van der Waals surface area contributed by atoms with Crippen molar-refractivity contribution in [2.45, 2.75) is 27.7 Å². The van der Waals surface area contributed by atoms with Gasteiger partial charge in [0.1, 0.15) is 4.91 Å². The Morgan fingerprint density at radius 2 is 1.72 bits per heavy atom. The fraction of sp³-hybridized carbons (Fsp3) is 0.438. The quantitative estimate of drug-likeness (QED) is 0.299. The van der Waals surface area contributed by atoms with Crippen LogP contribution in [0.2, 0.25) is 5.02 Å². The largest absolute Gasteiger partial charge is 0.462 e. The molecular weight excluding hydrogens is 401 g/mol. The normalized spacial score (nSPS) is 12.5. The summed E-state index contributed by atoms with van der Waals surface area (Å²) < 4.78 is 16.4. The Balaban J connectivity index is 3.14. The van der Waals surface area contributed by atoms with E-state index < -0.39 is 11.7 Å². The molecule has 0 aliphatic heterocycles. The molecule has 0 radical (unpaired) electrons. The third-order valence-electron chi connectivity index (χ3n) is 2.75. The summed E-state index contributed by atoms with van der Waals surface area (Å²) >= 11 is 12.5. The van der Waals surface area contributed by atoms with Crippen molar-refractivity contribution in [2.24, 2.45) is 0 Å². The lowest BCUT2D eigenvalue weighted by atomic mass is 10.3. The molecule has 25 heavy (non-hydrogen) atoms. The molecular formula is C16H23ClNO4PS2. The highest BCUT2D eigenvalue weighted by atomic mass is 35.5. The first-order valence-corrected chi connectivity index (χ1v) is 12.3. The van der Waals surface area contributed by atoms with Crippen molar-refractivity contribution in [2.75, 3.05) is 25.1 Å². The summed E-state index contributed by atoms with van der Waals surface area (Å²) in [7, 11) is 0. The van der Waals surface area contributed by atoms with Crippen molar-refractivity contribution in [3.63, 3.8) is 0 Å². The molecule has 0 unspecified atom stereocenters. The Morgan fingerprint density at radius 1 is 1.16 bits per heavy atom. The highest BCUT2D eigenvalue weighted by Gasteiger charge is 2.27. The molecule has 1 N–H and O–H groups in total. The second-order valence-corrected chi connectivity index (χ2v) is 11.2. The van der Waals surface area contributed by atoms with Crippen molar-refractivity contribution in [3.8, 4) is 0 Å². The zero-order chi connectivity index (χ0) is 18.9. The molecule has 1 aromatic rings. The van der Waals surface area contributed by atoms with Crippen LogP contribution in [0.3, 0.4) is 0 Å². The minimum absolute atomic E-state index is 0.267. The van der Waals surface area contributed by atoms with Gasteiger partial charge in [0.15, 0.2) is 0 Å². The van der Waals surface area contributed by atoms with Gasteiger partial charge < -0.3 is 19.1 Å². The van der Waals surface area contributed by atoms with Crippen LogP contribution in [-0.2, 0) is 30.4 Å². The molecule has 5 nitrogen and oxygen atoms in total. The number of esters is 1. The van der Waals surface area contributed by atoms with E-state index in [0.29, 0.717) is 28.8 Å². The van der Waals surface area contributed by atoms with Crippen LogP contribution in [0.4, 0.5) is 5.69 Å². The van der Waals surface area contributed by atoms with Crippen LogP contribution in [0.25, 0.3) is 0 Å². The second-order valence-electron chi connectivity index (χ2n) is 4.68. The van der Waals surface area contributed by atoms with Crippen molar-refractivity contribution in [1.29, 1.82) is 0 Å². The molecule has 0 aliphatic rings. The standard InChI is InChI=1S/C16H23ClNO4PS2/c1-5-20-16(19)15(25-23(24,21-6-2)22-7-3)12(4)18-14-10-8-13(17)9-11-14/h8-11,18H,5-7H2,1-4H3/b15-12+. The summed E-state index contributed by atoms with van der Waals surface area (Å²) in [6, 6.07) is 7.17. The predicted molar refractivity (Wildman–Crippen MR) is 110 cm³/mol. The number of ether oxygens (including phenoxy) is 1. The van der Waals surface area contributed by atoms with E-state index >= 15 is 0 Å². The maximum Gasteiger partial charge on any atom is 0.346 e. The van der Waals surface area contributed by atoms with Gasteiger partial charge in [-0.15, -0.1) is 0 Å². The molecule has 1 rings (SSSR count). The van der Waals surface area contributed by atoms with E-state index in [1.54, 1.807) is 26.0 Å². The van der Waals surface area contributed by atoms with E-state index in [4.69, 9.17) is 37.2 Å². The third-order valence-corrected chi connectivity index (χ3v) is 8.19. The SMILES string of the molecule is CCOC(=O)/C(SP(=S)(OCC)OCC)=C(/C)Nc1ccc(Cl)cc1. The molecule has 140 valence electrons. The van der Waals surface area contributed by atoms with Crippen LogP contribution < -0.4 is 5.32 Å². The lowest BCUT2D eigenvalue weighted by molar-refractivity contribution is -0.137. The Hall–Kier alpha value is -0.560. The van der Waals surface area contributed by atoms with Crippen LogP contribution >= 0.6 is 28.7 Å². The molecule has 0 atom stereocenters. The highest BCUT2D eigenvalue weighted by Crippen LogP contribution is 2.64. The van der Waals surface area contributed by atoms with E-state index in [1.165, 1.54) is 0 Å². The fourth-order valence-electron chi connectivity index (χ4n) is 1.78. The molecule has 0 aliphatic carbocycles. The van der Waals surface area contributed by atoms with E-state index in [-0.39, 0.29) is 6.61 Å². The second kappa shape index (κ2) is 11.2. The molecule has 0 fully saturated rings. The molecule has 0 aromatic heterocycles. The number of anilines is 1. The van der Waals surface area contributed by atoms with Gasteiger partial charge in [0.25, 0.3) is 5.69 Å². The lowest BCUT2D eigenvalue weighted by Crippen LogP contribution is -2.11. The van der Waals surface area contributed by atoms with Crippen LogP contribution in [0.5, 0.6) is 0 Å². The molecule has 1 aromatic carbocycles. The smallest absolute Gasteiger partial charge is 0.346 e. The van der Waals surface area contributed by atoms with E-state index in [2.05, 4.69) is 5.32 Å². The van der Waals surface area contributed by atoms with Gasteiger partial charge in [0.05, 0.1) is 19.8 Å². The molecule has 9 heteroatoms. The van der Waals surface area contributed by atoms with Gasteiger partial charge in [-0.05, 0) is 75.1 Å². The van der Waals surface area contributed by atoms with Gasteiger partial charge in [-0.2, -0.15) is 0 Å². The van der Waals surface area contributed by atoms with E-state index in [1.807, 2.05) is 26.0 Å². The summed E-state index contributed by atoms with van der Waals surface area (Å²) in [6.07, 6.45) is 0. The predicted octanol–water partition coefficient (Wildman–Crippen LogP) is 5.58. The number of allylic oxidation sites excluding steroid dienone is 1. The number of hydrogen-bond acceptors (Lipinski definition) is 7. The third kappa shape index (κ3) is 7.69. The Bertz CT molecular complexity index is 642. The van der Waals surface area contributed by atoms with Gasteiger partial charge in [-0.3, -0.25) is 0 Å². The topological polar surface area (TPSA) is 56.8 Å². The van der Waals surface area contributed by atoms with Crippen LogP contribution in [-0.4, -0.2) is 25.8 Å². The molecule has 0 heterocycles. The minimum atomic E-state index is -2.69. The number of rotatable bonds is 10. The average molecular weight is 424 g/mol. The van der Waals surface area contributed by atoms with Crippen LogP contribution in [0, 0.1) is 0 Å². The number of carbonyl (C=O) groups excluding carboxylic acids is 1. The Kier molecular flexibility index (Phi) is 10.1. The summed E-state index contributed by atoms with van der Waals surface area (Å²) in [5, 5.41) is 3.81. The first-order valence-electron chi connectivity index (χ1n) is 7.84. The highest BCUT2D eigenvalue weighted by molar-refractivity contribution is 8.69. The van der Waals surface area contributed by atoms with Gasteiger partial charge in [0.2, 0.25) is 0 Å². The maximum absolute atomic E-state index is 12.4. The van der Waals surface area contributed by atoms with Crippen LogP contribution in [0.15, 0.2) is 34.9 Å². The molecule has 0 saturated heterocycles. The molecule has 0 amide bonds. The Morgan fingerprint density at radius 3 is 2.20 bits per heavy atom. The van der Waals surface area contributed by atoms with Crippen molar-refractivity contribution >= 4 is 52.1 Å². The number of hydrogen-bond donors (Lipinski definition) is 1. The molecule has 0 saturated carbocycles. The van der Waals surface area contributed by atoms with Crippen LogP contribution in [0.1, 0.15) is 27.7 Å². The number of benzene rings is 1. The summed E-state index contributed by atoms with van der Waals surface area (Å²) in [5.41, 5.74) is -1.28. The average Bonchev–Trinajstić information content (AvgIpc) is 2.55. The zero-order valence-corrected chi connectivity index (χ0v) is 18.0. The van der Waals surface area contributed by atoms with E-state index in [0.717, 1.165) is 17.1 Å². The first kappa shape index (κ1) is 22.5. The lowest BCUT2D eigenvalue weighted by Gasteiger charge is -2.22. The number of nitrogens with one attached hydrogen (secondary N) is 1.